The smallest absolute Gasteiger partial charge is 0.408 e. The Labute approximate surface area is 604 Å². The summed E-state index contributed by atoms with van der Waals surface area (Å²) in [6, 6.07) is 15.7. The lowest BCUT2D eigenvalue weighted by Crippen LogP contribution is -2.41. The molecule has 0 saturated carbocycles. The van der Waals surface area contributed by atoms with Crippen molar-refractivity contribution in [1.82, 2.24) is 16.0 Å². The predicted octanol–water partition coefficient (Wildman–Crippen LogP) is 19.1. The Morgan fingerprint density at radius 1 is 0.557 bits per heavy atom. The lowest BCUT2D eigenvalue weighted by molar-refractivity contribution is 0.0498. The number of aromatic hydroxyl groups is 1. The van der Waals surface area contributed by atoms with E-state index in [9.17, 15) is 31.9 Å². The quantitative estimate of drug-likeness (QED) is 0.0140. The zero-order valence-electron chi connectivity index (χ0n) is 61.3. The van der Waals surface area contributed by atoms with E-state index >= 15 is 0 Å². The first-order valence-electron chi connectivity index (χ1n) is 31.9. The lowest BCUT2D eigenvalue weighted by atomic mass is 10.0. The van der Waals surface area contributed by atoms with E-state index in [2.05, 4.69) is 156 Å². The normalized spacial score (nSPS) is 12.3. The molecule has 16 nitrogen and oxygen atoms in total. The van der Waals surface area contributed by atoms with Crippen molar-refractivity contribution in [2.45, 2.75) is 222 Å². The number of benzene rings is 4. The monoisotopic (exact) mass is 1590 g/mol. The van der Waals surface area contributed by atoms with E-state index in [-0.39, 0.29) is 58.6 Å². The number of ether oxygens (including phenoxy) is 6. The number of halogens is 7. The highest BCUT2D eigenvalue weighted by Crippen LogP contribution is 2.38. The molecule has 0 heterocycles. The molecule has 97 heavy (non-hydrogen) atoms. The van der Waals surface area contributed by atoms with E-state index < -0.39 is 63.6 Å². The van der Waals surface area contributed by atoms with Crippen LogP contribution in [0.1, 0.15) is 156 Å². The summed E-state index contributed by atoms with van der Waals surface area (Å²) in [7, 11) is -3.57. The van der Waals surface area contributed by atoms with Crippen molar-refractivity contribution in [3.05, 3.63) is 116 Å². The maximum Gasteiger partial charge on any atom is 0.408 e. The van der Waals surface area contributed by atoms with Gasteiger partial charge < -0.3 is 63.4 Å². The number of phenolic OH excluding ortho intramolecular Hbond substituents is 1. The van der Waals surface area contributed by atoms with Crippen LogP contribution in [0.2, 0.25) is 36.3 Å². The average molecular weight is 1600 g/mol. The molecule has 0 radical (unpaired) electrons. The van der Waals surface area contributed by atoms with Crippen molar-refractivity contribution in [2.75, 3.05) is 45.0 Å². The zero-order chi connectivity index (χ0) is 75.3. The van der Waals surface area contributed by atoms with Gasteiger partial charge in [-0.05, 0) is 249 Å². The largest absolute Gasteiger partial charge is 0.507 e. The van der Waals surface area contributed by atoms with Gasteiger partial charge in [0.15, 0.2) is 16.6 Å². The second-order valence-electron chi connectivity index (χ2n) is 28.0. The summed E-state index contributed by atoms with van der Waals surface area (Å²) < 4.78 is 97.5. The summed E-state index contributed by atoms with van der Waals surface area (Å²) in [6.07, 6.45) is 5.94. The van der Waals surface area contributed by atoms with Crippen LogP contribution in [-0.2, 0) is 29.5 Å². The number of carbonyl (C=O) groups excluding carboxylic acids is 3. The van der Waals surface area contributed by atoms with E-state index in [1.54, 1.807) is 94.4 Å². The first-order chi connectivity index (χ1) is 44.4. The number of hydrogen-bond acceptors (Lipinski definition) is 13. The van der Waals surface area contributed by atoms with Crippen LogP contribution in [0.15, 0.2) is 81.7 Å². The molecule has 0 fully saturated rings. The van der Waals surface area contributed by atoms with Gasteiger partial charge in [-0.1, -0.05) is 82.2 Å². The summed E-state index contributed by atoms with van der Waals surface area (Å²) in [5.74, 6) is 8.47. The number of hydrogen-bond donors (Lipinski definition) is 5. The van der Waals surface area contributed by atoms with E-state index in [4.69, 9.17) is 53.9 Å². The molecule has 4 aromatic rings. The summed E-state index contributed by atoms with van der Waals surface area (Å²) in [5, 5.41) is 27.0. The fourth-order valence-electron chi connectivity index (χ4n) is 6.35. The number of aryl methyl sites for hydroxylation is 1. The van der Waals surface area contributed by atoms with E-state index in [0.29, 0.717) is 76.6 Å². The second-order valence-corrected chi connectivity index (χ2v) is 40.1. The topological polar surface area (TPSA) is 202 Å². The molecule has 0 aliphatic carbocycles. The van der Waals surface area contributed by atoms with Gasteiger partial charge in [-0.3, -0.25) is 0 Å². The summed E-state index contributed by atoms with van der Waals surface area (Å²) >= 11 is 9.48. The van der Waals surface area contributed by atoms with Gasteiger partial charge >= 0.3 is 18.3 Å². The highest BCUT2D eigenvalue weighted by atomic mass is 79.9. The number of aliphatic hydroxyl groups is 1. The fourth-order valence-corrected chi connectivity index (χ4v) is 9.22. The minimum Gasteiger partial charge on any atom is -0.507 e. The van der Waals surface area contributed by atoms with Crippen molar-refractivity contribution in [3.63, 3.8) is 0 Å². The van der Waals surface area contributed by atoms with Gasteiger partial charge in [0.05, 0.1) is 46.4 Å². The number of nitrogens with one attached hydrogen (secondary N) is 3. The SMILES string of the molecule is C#C[C@@H](C)NC(=O)OC(C)(C)C.CC(C)(C)[Si](C)(C)OCCOc1ccc(F)cc1Br.CCCBr.C[C@H](C#Cc1cc(F)ccc1OCCO[Si](C)(C)C(C)(C)C)NC(=O)OC(C)(C)C.C[C@H](CCc1cc(F)ccc1OCCO)NC(=O)OC(C)(C)C.Oc1ccc(F)cc1Br. The molecule has 0 aromatic heterocycles. The zero-order valence-corrected chi connectivity index (χ0v) is 68.1. The first-order valence-corrected chi connectivity index (χ1v) is 40.4. The molecule has 0 bridgehead atoms. The molecule has 3 atom stereocenters. The highest BCUT2D eigenvalue weighted by molar-refractivity contribution is 9.11. The number of alkyl carbamates (subject to hydrolysis) is 3. The van der Waals surface area contributed by atoms with Crippen molar-refractivity contribution >= 4 is 82.7 Å². The van der Waals surface area contributed by atoms with Crippen LogP contribution in [0.25, 0.3) is 0 Å². The van der Waals surface area contributed by atoms with Crippen LogP contribution in [0.3, 0.4) is 0 Å². The predicted molar refractivity (Wildman–Crippen MR) is 397 cm³/mol. The Kier molecular flexibility index (Phi) is 43.7. The van der Waals surface area contributed by atoms with Crippen molar-refractivity contribution in [3.8, 4) is 47.2 Å². The molecule has 0 aliphatic heterocycles. The molecule has 4 aromatic carbocycles. The molecule has 4 rings (SSSR count). The van der Waals surface area contributed by atoms with Crippen LogP contribution in [-0.4, -0.2) is 125 Å². The number of alkyl halides is 1. The maximum atomic E-state index is 13.7. The van der Waals surface area contributed by atoms with Crippen LogP contribution in [0.5, 0.6) is 23.0 Å². The summed E-state index contributed by atoms with van der Waals surface area (Å²) in [4.78, 5) is 34.5. The number of rotatable bonds is 20. The van der Waals surface area contributed by atoms with Crippen molar-refractivity contribution in [1.29, 1.82) is 0 Å². The Balaban J connectivity index is 0. The van der Waals surface area contributed by atoms with Crippen molar-refractivity contribution in [2.24, 2.45) is 0 Å². The van der Waals surface area contributed by atoms with Crippen molar-refractivity contribution < 1.29 is 79.4 Å². The average Bonchev–Trinajstić information content (AvgIpc) is 0.867. The first kappa shape index (κ1) is 93.5. The molecule has 0 aliphatic rings. The molecule has 0 unspecified atom stereocenters. The standard InChI is InChI=1S/C23H36FNO4Si.C17H26FNO4.C14H22BrFO2Si.C9H15NO2.C6H4BrFO.C3H7Br/c1-17(25-21(26)29-22(2,3)4)10-11-18-16-19(24)12-13-20(18)27-14-15-28-30(8,9)23(5,6)7;1-12(19-16(21)23-17(2,3)4)5-6-13-11-14(18)7-8-15(13)22-10-9-20;1-14(2,3)19(4,5)18-9-8-17-13-7-6-11(16)10-12(13)15;1-6-7(2)10-8(11)12-9(3,4)5;7-5-3-4(8)1-2-6(5)9;1-2-3-4/h12-13,16-17H,14-15H2,1-9H3,(H,25,26);7-8,11-12,20H,5-6,9-10H2,1-4H3,(H,19,21);6-7,10H,8-9H2,1-5H3;1,7H,2-5H3,(H,10,11);1-3,9H;2-3H2,1H3/t17-;12-;;7-;;/m11.1../s1. The molecule has 25 heteroatoms. The number of terminal acetylenes is 1. The second kappa shape index (κ2) is 45.3. The lowest BCUT2D eigenvalue weighted by Gasteiger charge is -2.36. The molecule has 3 amide bonds. The van der Waals surface area contributed by atoms with Gasteiger partial charge in [-0.2, -0.15) is 0 Å². The number of aliphatic hydroxyl groups excluding tert-OH is 1. The van der Waals surface area contributed by atoms with Gasteiger partial charge in [0.2, 0.25) is 0 Å². The van der Waals surface area contributed by atoms with Gasteiger partial charge in [-0.25, -0.2) is 31.9 Å². The van der Waals surface area contributed by atoms with Gasteiger partial charge in [0.25, 0.3) is 0 Å². The molecular weight excluding hydrogens is 1490 g/mol. The minimum absolute atomic E-state index is 0.0522. The molecule has 0 saturated heterocycles. The Hall–Kier alpha value is -5.52. The third-order valence-corrected chi connectivity index (χ3v) is 24.4. The van der Waals surface area contributed by atoms with E-state index in [1.165, 1.54) is 61.0 Å². The third kappa shape index (κ3) is 45.7. The molecule has 0 spiro atoms. The van der Waals surface area contributed by atoms with Gasteiger partial charge in [0.1, 0.15) is 82.9 Å². The van der Waals surface area contributed by atoms with E-state index in [0.717, 1.165) is 5.33 Å². The minimum atomic E-state index is -1.85. The Morgan fingerprint density at radius 2 is 0.938 bits per heavy atom. The van der Waals surface area contributed by atoms with E-state index in [1.807, 2.05) is 6.92 Å². The number of carbonyl (C=O) groups is 3. The van der Waals surface area contributed by atoms with Gasteiger partial charge in [0, 0.05) is 11.4 Å². The number of amides is 3. The van der Waals surface area contributed by atoms with Crippen LogP contribution < -0.4 is 30.2 Å². The summed E-state index contributed by atoms with van der Waals surface area (Å²) in [5.41, 5.74) is -0.486. The third-order valence-electron chi connectivity index (χ3n) is 13.3. The summed E-state index contributed by atoms with van der Waals surface area (Å²) in [6.45, 7) is 47.4. The molecular formula is C72H110Br3F4N3O13Si2. The van der Waals surface area contributed by atoms with Crippen LogP contribution in [0, 0.1) is 47.5 Å². The van der Waals surface area contributed by atoms with Crippen LogP contribution >= 0.6 is 47.8 Å². The van der Waals surface area contributed by atoms with Gasteiger partial charge in [-0.15, -0.1) is 6.42 Å². The number of phenols is 1. The highest BCUT2D eigenvalue weighted by Gasteiger charge is 2.38. The molecule has 548 valence electrons. The molecule has 5 N–H and O–H groups in total. The fraction of sp³-hybridized carbons (Fsp3) is 0.569. The maximum absolute atomic E-state index is 13.7. The Morgan fingerprint density at radius 3 is 1.34 bits per heavy atom. The Bertz CT molecular complexity index is 3090. The van der Waals surface area contributed by atoms with Crippen LogP contribution in [0.4, 0.5) is 31.9 Å².